The quantitative estimate of drug-likeness (QED) is 0.645. The van der Waals surface area contributed by atoms with Crippen molar-refractivity contribution in [3.8, 4) is 0 Å². The Balaban J connectivity index is 2.07. The van der Waals surface area contributed by atoms with Crippen molar-refractivity contribution >= 4 is 17.5 Å². The molecular weight excluding hydrogens is 330 g/mol. The van der Waals surface area contributed by atoms with Crippen molar-refractivity contribution < 1.29 is 19.1 Å². The molecule has 2 rings (SSSR count). The highest BCUT2D eigenvalue weighted by atomic mass is 16.5. The minimum atomic E-state index is -0.550. The Labute approximate surface area is 153 Å². The Morgan fingerprint density at radius 2 is 1.62 bits per heavy atom. The van der Waals surface area contributed by atoms with Crippen LogP contribution in [-0.4, -0.2) is 29.1 Å². The third kappa shape index (κ3) is 4.10. The zero-order valence-electron chi connectivity index (χ0n) is 16.1. The lowest BCUT2D eigenvalue weighted by Gasteiger charge is -2.18. The zero-order chi connectivity index (χ0) is 19.6. The average molecular weight is 355 g/mol. The van der Waals surface area contributed by atoms with Gasteiger partial charge in [-0.05, 0) is 49.4 Å². The molecule has 0 aliphatic rings. The van der Waals surface area contributed by atoms with Crippen LogP contribution in [0.2, 0.25) is 0 Å². The second kappa shape index (κ2) is 7.28. The van der Waals surface area contributed by atoms with Crippen LogP contribution in [0, 0.1) is 13.8 Å². The fraction of sp³-hybridized carbons (Fsp3) is 0.381. The lowest BCUT2D eigenvalue weighted by atomic mass is 9.87. The first-order valence-corrected chi connectivity index (χ1v) is 8.53. The third-order valence-electron chi connectivity index (χ3n) is 4.39. The van der Waals surface area contributed by atoms with Gasteiger partial charge in [0, 0.05) is 11.3 Å². The van der Waals surface area contributed by atoms with Gasteiger partial charge in [0.1, 0.15) is 0 Å². The lowest BCUT2D eigenvalue weighted by Crippen LogP contribution is -2.16. The van der Waals surface area contributed by atoms with E-state index in [1.54, 1.807) is 26.0 Å². The monoisotopic (exact) mass is 355 g/mol. The molecule has 26 heavy (non-hydrogen) atoms. The van der Waals surface area contributed by atoms with Crippen LogP contribution < -0.4 is 0 Å². The molecule has 0 fully saturated rings. The van der Waals surface area contributed by atoms with E-state index in [9.17, 15) is 14.4 Å². The van der Waals surface area contributed by atoms with Crippen molar-refractivity contribution in [2.45, 2.75) is 47.0 Å². The SMILES string of the molecule is CC(=O)c1c(C)[nH]c(C(=O)COC(=O)c2ccc(C(C)(C)C)cc2)c1C. The number of H-pyrrole nitrogens is 1. The number of hydrogen-bond acceptors (Lipinski definition) is 4. The van der Waals surface area contributed by atoms with Crippen LogP contribution in [-0.2, 0) is 10.2 Å². The van der Waals surface area contributed by atoms with Crippen LogP contribution in [0.1, 0.15) is 75.7 Å². The number of ketones is 2. The summed E-state index contributed by atoms with van der Waals surface area (Å²) in [6.45, 7) is 10.8. The number of ether oxygens (including phenoxy) is 1. The highest BCUT2D eigenvalue weighted by molar-refractivity contribution is 6.04. The van der Waals surface area contributed by atoms with E-state index in [2.05, 4.69) is 25.8 Å². The summed E-state index contributed by atoms with van der Waals surface area (Å²) in [5.41, 5.74) is 3.55. The molecule has 5 nitrogen and oxygen atoms in total. The minimum absolute atomic E-state index is 0.00414. The van der Waals surface area contributed by atoms with E-state index in [0.717, 1.165) is 5.56 Å². The Hall–Kier alpha value is -2.69. The van der Waals surface area contributed by atoms with Gasteiger partial charge in [0.15, 0.2) is 12.4 Å². The largest absolute Gasteiger partial charge is 0.454 e. The fourth-order valence-corrected chi connectivity index (χ4v) is 2.95. The maximum Gasteiger partial charge on any atom is 0.338 e. The molecule has 1 aromatic carbocycles. The van der Waals surface area contributed by atoms with Crippen molar-refractivity contribution in [1.29, 1.82) is 0 Å². The molecule has 1 aromatic heterocycles. The number of esters is 1. The minimum Gasteiger partial charge on any atom is -0.454 e. The zero-order valence-corrected chi connectivity index (χ0v) is 16.1. The van der Waals surface area contributed by atoms with Gasteiger partial charge in [0.25, 0.3) is 0 Å². The van der Waals surface area contributed by atoms with Crippen molar-refractivity contribution in [3.63, 3.8) is 0 Å². The first-order valence-electron chi connectivity index (χ1n) is 8.53. The molecule has 0 radical (unpaired) electrons. The number of carbonyl (C=O) groups is 3. The van der Waals surface area contributed by atoms with E-state index in [1.807, 2.05) is 12.1 Å². The van der Waals surface area contributed by atoms with Crippen molar-refractivity contribution in [1.82, 2.24) is 4.98 Å². The first kappa shape index (κ1) is 19.6. The normalized spacial score (nSPS) is 11.3. The maximum absolute atomic E-state index is 12.4. The summed E-state index contributed by atoms with van der Waals surface area (Å²) in [5, 5.41) is 0. The molecule has 0 aliphatic carbocycles. The molecule has 1 heterocycles. The molecule has 0 saturated heterocycles. The average Bonchev–Trinajstić information content (AvgIpc) is 2.86. The number of carbonyl (C=O) groups excluding carboxylic acids is 3. The Morgan fingerprint density at radius 3 is 2.08 bits per heavy atom. The highest BCUT2D eigenvalue weighted by Gasteiger charge is 2.21. The number of benzene rings is 1. The van der Waals surface area contributed by atoms with E-state index in [0.29, 0.717) is 28.1 Å². The van der Waals surface area contributed by atoms with E-state index >= 15 is 0 Å². The molecule has 5 heteroatoms. The predicted octanol–water partition coefficient (Wildman–Crippen LogP) is 4.17. The van der Waals surface area contributed by atoms with Gasteiger partial charge in [-0.25, -0.2) is 4.79 Å². The summed E-state index contributed by atoms with van der Waals surface area (Å²) in [6, 6.07) is 7.17. The lowest BCUT2D eigenvalue weighted by molar-refractivity contribution is 0.0473. The van der Waals surface area contributed by atoms with Crippen LogP contribution in [0.5, 0.6) is 0 Å². The molecule has 0 amide bonds. The second-order valence-electron chi connectivity index (χ2n) is 7.51. The van der Waals surface area contributed by atoms with E-state index in [4.69, 9.17) is 4.74 Å². The number of aryl methyl sites for hydroxylation is 1. The Bertz CT molecular complexity index is 851. The highest BCUT2D eigenvalue weighted by Crippen LogP contribution is 2.22. The topological polar surface area (TPSA) is 76.2 Å². The van der Waals surface area contributed by atoms with Gasteiger partial charge in [0.05, 0.1) is 11.3 Å². The summed E-state index contributed by atoms with van der Waals surface area (Å²) in [7, 11) is 0. The molecule has 0 spiro atoms. The summed E-state index contributed by atoms with van der Waals surface area (Å²) in [5.74, 6) is -1.02. The van der Waals surface area contributed by atoms with Crippen molar-refractivity contribution in [2.75, 3.05) is 6.61 Å². The van der Waals surface area contributed by atoms with Crippen LogP contribution in [0.25, 0.3) is 0 Å². The summed E-state index contributed by atoms with van der Waals surface area (Å²) >= 11 is 0. The predicted molar refractivity (Wildman–Crippen MR) is 100 cm³/mol. The smallest absolute Gasteiger partial charge is 0.338 e. The molecule has 0 saturated carbocycles. The van der Waals surface area contributed by atoms with Gasteiger partial charge >= 0.3 is 5.97 Å². The first-order chi connectivity index (χ1) is 12.0. The van der Waals surface area contributed by atoms with Crippen molar-refractivity contribution in [3.05, 3.63) is 57.9 Å². The van der Waals surface area contributed by atoms with Gasteiger partial charge in [-0.3, -0.25) is 9.59 Å². The summed E-state index contributed by atoms with van der Waals surface area (Å²) in [4.78, 5) is 39.1. The summed E-state index contributed by atoms with van der Waals surface area (Å²) < 4.78 is 5.14. The van der Waals surface area contributed by atoms with E-state index < -0.39 is 5.97 Å². The van der Waals surface area contributed by atoms with Gasteiger partial charge in [0.2, 0.25) is 5.78 Å². The third-order valence-corrected chi connectivity index (χ3v) is 4.39. The number of hydrogen-bond donors (Lipinski definition) is 1. The van der Waals surface area contributed by atoms with Gasteiger partial charge < -0.3 is 9.72 Å². The Morgan fingerprint density at radius 1 is 1.04 bits per heavy atom. The van der Waals surface area contributed by atoms with Crippen LogP contribution in [0.3, 0.4) is 0 Å². The number of aromatic amines is 1. The molecule has 0 bridgehead atoms. The van der Waals surface area contributed by atoms with E-state index in [-0.39, 0.29) is 23.6 Å². The Kier molecular flexibility index (Phi) is 5.50. The fourth-order valence-electron chi connectivity index (χ4n) is 2.95. The van der Waals surface area contributed by atoms with Crippen LogP contribution in [0.4, 0.5) is 0 Å². The van der Waals surface area contributed by atoms with Gasteiger partial charge in [-0.1, -0.05) is 32.9 Å². The molecule has 1 N–H and O–H groups in total. The molecule has 0 aliphatic heterocycles. The van der Waals surface area contributed by atoms with Crippen molar-refractivity contribution in [2.24, 2.45) is 0 Å². The number of aromatic nitrogens is 1. The van der Waals surface area contributed by atoms with Crippen LogP contribution >= 0.6 is 0 Å². The molecular formula is C21H25NO4. The molecule has 0 unspecified atom stereocenters. The molecule has 138 valence electrons. The molecule has 0 atom stereocenters. The maximum atomic E-state index is 12.4. The number of nitrogens with one attached hydrogen (secondary N) is 1. The van der Waals surface area contributed by atoms with Gasteiger partial charge in [-0.15, -0.1) is 0 Å². The summed E-state index contributed by atoms with van der Waals surface area (Å²) in [6.07, 6.45) is 0. The second-order valence-corrected chi connectivity index (χ2v) is 7.51. The van der Waals surface area contributed by atoms with E-state index in [1.165, 1.54) is 6.92 Å². The van der Waals surface area contributed by atoms with Crippen LogP contribution in [0.15, 0.2) is 24.3 Å². The standard InChI is InChI=1S/C21H25NO4/c1-12-18(14(3)23)13(2)22-19(12)17(24)11-26-20(25)15-7-9-16(10-8-15)21(4,5)6/h7-10,22H,11H2,1-6H3. The number of rotatable bonds is 5. The number of Topliss-reactive ketones (excluding diaryl/α,β-unsaturated/α-hetero) is 2. The molecule has 2 aromatic rings. The van der Waals surface area contributed by atoms with Gasteiger partial charge in [-0.2, -0.15) is 0 Å².